The number of esters is 1. The summed E-state index contributed by atoms with van der Waals surface area (Å²) < 4.78 is 34.6. The van der Waals surface area contributed by atoms with Crippen LogP contribution < -0.4 is 4.89 Å². The first-order chi connectivity index (χ1) is 29.6. The Kier molecular flexibility index (Phi) is 41.8. The number of rotatable bonds is 42. The average Bonchev–Trinajstić information content (AvgIpc) is 3.22. The number of ether oxygens (including phenoxy) is 2. The van der Waals surface area contributed by atoms with Crippen molar-refractivity contribution in [1.82, 2.24) is 0 Å². The first kappa shape index (κ1) is 58.2. The third-order valence-electron chi connectivity index (χ3n) is 9.32. The maximum Gasteiger partial charge on any atom is 0.306 e. The highest BCUT2D eigenvalue weighted by molar-refractivity contribution is 7.45. The average molecular weight is 870 g/mol. The highest BCUT2D eigenvalue weighted by Gasteiger charge is 2.20. The highest BCUT2D eigenvalue weighted by Crippen LogP contribution is 2.38. The molecule has 0 aliphatic carbocycles. The number of allylic oxidation sites excluding steroid dienone is 18. The Morgan fingerprint density at radius 1 is 0.508 bits per heavy atom. The third-order valence-corrected chi connectivity index (χ3v) is 10.3. The van der Waals surface area contributed by atoms with E-state index in [1.165, 1.54) is 32.1 Å². The van der Waals surface area contributed by atoms with E-state index in [9.17, 15) is 14.3 Å². The molecule has 0 aliphatic rings. The Bertz CT molecular complexity index is 1340. The van der Waals surface area contributed by atoms with Crippen LogP contribution in [0.1, 0.15) is 155 Å². The number of carbonyl (C=O) groups is 1. The number of unbranched alkanes of at least 4 members (excludes halogenated alkanes) is 10. The van der Waals surface area contributed by atoms with Crippen molar-refractivity contribution in [3.8, 4) is 0 Å². The molecule has 0 aromatic carbocycles. The van der Waals surface area contributed by atoms with Gasteiger partial charge in [-0.05, 0) is 96.3 Å². The SMILES string of the molecule is CC/C=C\C/C=C\C/C=C\C/C=C\C/C=C\CCCCCCCCCCOCC(COP(=O)([O-])OCC[N+](C)(C)C)OC(=O)CCCC/C=C\C/C=C\C/C=C\C/C=C\CC. The first-order valence-electron chi connectivity index (χ1n) is 23.6. The molecule has 0 rings (SSSR count). The van der Waals surface area contributed by atoms with Crippen LogP contribution in [0.2, 0.25) is 0 Å². The van der Waals surface area contributed by atoms with Gasteiger partial charge in [0.15, 0.2) is 0 Å². The second-order valence-corrected chi connectivity index (χ2v) is 17.8. The molecule has 0 heterocycles. The van der Waals surface area contributed by atoms with Gasteiger partial charge >= 0.3 is 5.97 Å². The summed E-state index contributed by atoms with van der Waals surface area (Å²) in [4.78, 5) is 25.1. The summed E-state index contributed by atoms with van der Waals surface area (Å²) in [5.41, 5.74) is 0. The number of phosphoric acid groups is 1. The number of carbonyl (C=O) groups excluding carboxylic acids is 1. The van der Waals surface area contributed by atoms with Gasteiger partial charge in [0.2, 0.25) is 0 Å². The Hall–Kier alpha value is -2.84. The number of likely N-dealkylation sites (N-methyl/N-ethyl adjacent to an activating group) is 1. The molecule has 0 bridgehead atoms. The van der Waals surface area contributed by atoms with E-state index in [4.69, 9.17) is 18.5 Å². The van der Waals surface area contributed by atoms with Crippen LogP contribution >= 0.6 is 7.82 Å². The maximum absolute atomic E-state index is 12.7. The van der Waals surface area contributed by atoms with E-state index in [1.807, 2.05) is 21.1 Å². The molecule has 0 saturated carbocycles. The van der Waals surface area contributed by atoms with Gasteiger partial charge in [0.05, 0.1) is 34.4 Å². The summed E-state index contributed by atoms with van der Waals surface area (Å²) >= 11 is 0. The molecule has 348 valence electrons. The van der Waals surface area contributed by atoms with Crippen LogP contribution in [-0.4, -0.2) is 70.7 Å². The van der Waals surface area contributed by atoms with Crippen molar-refractivity contribution in [3.05, 3.63) is 109 Å². The molecule has 0 aliphatic heterocycles. The zero-order valence-electron chi connectivity index (χ0n) is 39.3. The number of quaternary nitrogens is 1. The van der Waals surface area contributed by atoms with E-state index >= 15 is 0 Å². The van der Waals surface area contributed by atoms with E-state index in [-0.39, 0.29) is 32.2 Å². The molecule has 61 heavy (non-hydrogen) atoms. The summed E-state index contributed by atoms with van der Waals surface area (Å²) in [6, 6.07) is 0. The molecular formula is C52H88NO7P. The molecular weight excluding hydrogens is 782 g/mol. The van der Waals surface area contributed by atoms with Crippen LogP contribution in [0.4, 0.5) is 0 Å². The van der Waals surface area contributed by atoms with E-state index < -0.39 is 13.9 Å². The predicted molar refractivity (Wildman–Crippen MR) is 258 cm³/mol. The van der Waals surface area contributed by atoms with Crippen LogP contribution in [0.25, 0.3) is 0 Å². The van der Waals surface area contributed by atoms with Crippen molar-refractivity contribution in [2.45, 2.75) is 161 Å². The minimum atomic E-state index is -4.55. The molecule has 2 atom stereocenters. The van der Waals surface area contributed by atoms with Gasteiger partial charge in [0.25, 0.3) is 7.82 Å². The minimum absolute atomic E-state index is 0.00954. The smallest absolute Gasteiger partial charge is 0.306 e. The molecule has 9 heteroatoms. The molecule has 0 radical (unpaired) electrons. The van der Waals surface area contributed by atoms with Crippen LogP contribution in [0, 0.1) is 0 Å². The molecule has 2 unspecified atom stereocenters. The van der Waals surface area contributed by atoms with Gasteiger partial charge in [-0.1, -0.05) is 162 Å². The lowest BCUT2D eigenvalue weighted by Gasteiger charge is -2.28. The lowest BCUT2D eigenvalue weighted by Crippen LogP contribution is -2.37. The zero-order chi connectivity index (χ0) is 44.8. The van der Waals surface area contributed by atoms with Crippen molar-refractivity contribution in [2.75, 3.05) is 54.1 Å². The summed E-state index contributed by atoms with van der Waals surface area (Å²) in [5.74, 6) is -0.383. The van der Waals surface area contributed by atoms with Crippen molar-refractivity contribution in [1.29, 1.82) is 0 Å². The van der Waals surface area contributed by atoms with E-state index in [0.717, 1.165) is 96.3 Å². The Morgan fingerprint density at radius 3 is 1.34 bits per heavy atom. The maximum atomic E-state index is 12.7. The number of nitrogens with zero attached hydrogens (tertiary/aromatic N) is 1. The zero-order valence-corrected chi connectivity index (χ0v) is 40.2. The molecule has 0 saturated heterocycles. The van der Waals surface area contributed by atoms with Gasteiger partial charge in [-0.2, -0.15) is 0 Å². The third kappa shape index (κ3) is 48.1. The monoisotopic (exact) mass is 870 g/mol. The lowest BCUT2D eigenvalue weighted by atomic mass is 10.1. The molecule has 0 aromatic heterocycles. The normalized spacial score (nSPS) is 14.7. The second kappa shape index (κ2) is 43.8. The molecule has 0 N–H and O–H groups in total. The van der Waals surface area contributed by atoms with Crippen LogP contribution in [0.15, 0.2) is 109 Å². The van der Waals surface area contributed by atoms with Crippen molar-refractivity contribution in [3.63, 3.8) is 0 Å². The van der Waals surface area contributed by atoms with Gasteiger partial charge in [-0.15, -0.1) is 0 Å². The number of hydrogen-bond acceptors (Lipinski definition) is 7. The highest BCUT2D eigenvalue weighted by atomic mass is 31.2. The number of hydrogen-bond donors (Lipinski definition) is 0. The molecule has 0 fully saturated rings. The van der Waals surface area contributed by atoms with Crippen molar-refractivity contribution < 1.29 is 37.3 Å². The van der Waals surface area contributed by atoms with Crippen LogP contribution in [0.3, 0.4) is 0 Å². The Balaban J connectivity index is 4.26. The lowest BCUT2D eigenvalue weighted by molar-refractivity contribution is -0.870. The number of phosphoric ester groups is 1. The van der Waals surface area contributed by atoms with Crippen LogP contribution in [-0.2, 0) is 27.9 Å². The van der Waals surface area contributed by atoms with E-state index in [2.05, 4.69) is 123 Å². The summed E-state index contributed by atoms with van der Waals surface area (Å²) in [5, 5.41) is 0. The largest absolute Gasteiger partial charge is 0.756 e. The first-order valence-corrected chi connectivity index (χ1v) is 25.1. The fourth-order valence-electron chi connectivity index (χ4n) is 5.74. The Morgan fingerprint density at radius 2 is 0.902 bits per heavy atom. The standard InChI is InChI=1S/C52H88NO7P/c1-6-8-10-12-14-16-18-20-22-23-24-25-26-27-28-29-30-32-34-36-38-40-42-44-47-57-49-51(50-59-61(55,56)58-48-46-53(3,4)5)60-52(54)45-43-41-39-37-35-33-31-21-19-17-15-13-11-9-7-2/h8-11,14-17,20-22,24-25,27-28,31,35,37,51H,6-7,12-13,18-19,23,26,29-30,32-34,36,38-50H2,1-5H3/b10-8-,11-9-,16-14-,17-15-,22-20-,25-24-,28-27-,31-21-,37-35-. The summed E-state index contributed by atoms with van der Waals surface area (Å²) in [6.45, 7) is 5.07. The fourth-order valence-corrected chi connectivity index (χ4v) is 6.47. The predicted octanol–water partition coefficient (Wildman–Crippen LogP) is 13.8. The Labute approximate surface area is 374 Å². The summed E-state index contributed by atoms with van der Waals surface area (Å²) in [7, 11) is 1.30. The molecule has 0 aromatic rings. The molecule has 0 amide bonds. The van der Waals surface area contributed by atoms with Gasteiger partial charge in [-0.3, -0.25) is 9.36 Å². The molecule has 0 spiro atoms. The molecule has 8 nitrogen and oxygen atoms in total. The topological polar surface area (TPSA) is 94.1 Å². The van der Waals surface area contributed by atoms with Crippen molar-refractivity contribution >= 4 is 13.8 Å². The quantitative estimate of drug-likeness (QED) is 0.0198. The van der Waals surface area contributed by atoms with Crippen molar-refractivity contribution in [2.24, 2.45) is 0 Å². The van der Waals surface area contributed by atoms with Gasteiger partial charge in [0.1, 0.15) is 19.3 Å². The van der Waals surface area contributed by atoms with Gasteiger partial charge in [0, 0.05) is 13.0 Å². The summed E-state index contributed by atoms with van der Waals surface area (Å²) in [6.07, 6.45) is 61.1. The minimum Gasteiger partial charge on any atom is -0.756 e. The van der Waals surface area contributed by atoms with Gasteiger partial charge < -0.3 is 27.9 Å². The second-order valence-electron chi connectivity index (χ2n) is 16.3. The van der Waals surface area contributed by atoms with E-state index in [1.54, 1.807) is 0 Å². The fraction of sp³-hybridized carbons (Fsp3) is 0.635. The van der Waals surface area contributed by atoms with Gasteiger partial charge in [-0.25, -0.2) is 0 Å². The van der Waals surface area contributed by atoms with Crippen LogP contribution in [0.5, 0.6) is 0 Å². The van der Waals surface area contributed by atoms with E-state index in [0.29, 0.717) is 24.1 Å².